The van der Waals surface area contributed by atoms with Gasteiger partial charge in [-0.25, -0.2) is 0 Å². The third-order valence-electron chi connectivity index (χ3n) is 10.8. The minimum absolute atomic E-state index is 0.0249. The van der Waals surface area contributed by atoms with Gasteiger partial charge in [-0.15, -0.1) is 0 Å². The number of carbonyl (C=O) groups excluding carboxylic acids is 2. The van der Waals surface area contributed by atoms with Crippen molar-refractivity contribution in [1.29, 1.82) is 0 Å². The van der Waals surface area contributed by atoms with E-state index in [0.29, 0.717) is 25.9 Å². The van der Waals surface area contributed by atoms with E-state index in [1.807, 2.05) is 6.08 Å². The van der Waals surface area contributed by atoms with Gasteiger partial charge in [0.25, 0.3) is 0 Å². The summed E-state index contributed by atoms with van der Waals surface area (Å²) in [4.78, 5) is 25.5. The van der Waals surface area contributed by atoms with Crippen LogP contribution in [-0.4, -0.2) is 37.9 Å². The normalized spacial score (nSPS) is 13.4. The quantitative estimate of drug-likeness (QED) is 0.0346. The minimum atomic E-state index is -0.592. The summed E-state index contributed by atoms with van der Waals surface area (Å²) in [5.41, 5.74) is 0. The Bertz CT molecular complexity index is 1480. The molecule has 0 saturated heterocycles. The number of carbonyl (C=O) groups is 2. The van der Waals surface area contributed by atoms with Gasteiger partial charge in [-0.1, -0.05) is 224 Å². The number of unbranched alkanes of at least 4 members (excludes halogenated alkanes) is 13. The molecule has 0 aliphatic carbocycles. The fourth-order valence-electron chi connectivity index (χ4n) is 6.86. The lowest BCUT2D eigenvalue weighted by Gasteiger charge is -2.18. The third kappa shape index (κ3) is 54.4. The Morgan fingerprint density at radius 1 is 0.338 bits per heavy atom. The Kier molecular flexibility index (Phi) is 53.6. The molecule has 0 aliphatic heterocycles. The van der Waals surface area contributed by atoms with Gasteiger partial charge in [0.1, 0.15) is 6.61 Å². The van der Waals surface area contributed by atoms with Crippen molar-refractivity contribution in [2.24, 2.45) is 0 Å². The molecule has 0 heterocycles. The van der Waals surface area contributed by atoms with Crippen LogP contribution in [0.2, 0.25) is 0 Å². The van der Waals surface area contributed by atoms with Crippen LogP contribution in [-0.2, 0) is 23.8 Å². The molecular weight excluding hydrogens is 837 g/mol. The van der Waals surface area contributed by atoms with E-state index in [9.17, 15) is 9.59 Å². The van der Waals surface area contributed by atoms with Gasteiger partial charge in [0.15, 0.2) is 6.10 Å². The average Bonchev–Trinajstić information content (AvgIpc) is 3.34. The largest absolute Gasteiger partial charge is 0.462 e. The summed E-state index contributed by atoms with van der Waals surface area (Å²) < 4.78 is 17.3. The highest BCUT2D eigenvalue weighted by Gasteiger charge is 2.17. The molecule has 1 unspecified atom stereocenters. The lowest BCUT2D eigenvalue weighted by atomic mass is 10.1. The zero-order valence-corrected chi connectivity index (χ0v) is 43.8. The van der Waals surface area contributed by atoms with Crippen molar-refractivity contribution < 1.29 is 23.8 Å². The monoisotopic (exact) mass is 937 g/mol. The highest BCUT2D eigenvalue weighted by atomic mass is 16.6. The number of allylic oxidation sites excluding steroid dienone is 24. The molecule has 0 fully saturated rings. The fourth-order valence-corrected chi connectivity index (χ4v) is 6.86. The van der Waals surface area contributed by atoms with Crippen molar-refractivity contribution in [3.63, 3.8) is 0 Å². The van der Waals surface area contributed by atoms with Gasteiger partial charge in [-0.3, -0.25) is 9.59 Å². The minimum Gasteiger partial charge on any atom is -0.462 e. The summed E-state index contributed by atoms with van der Waals surface area (Å²) >= 11 is 0. The molecule has 0 aromatic carbocycles. The Morgan fingerprint density at radius 3 is 1.12 bits per heavy atom. The second kappa shape index (κ2) is 57.1. The van der Waals surface area contributed by atoms with E-state index in [1.165, 1.54) is 57.8 Å². The van der Waals surface area contributed by atoms with Crippen molar-refractivity contribution in [1.82, 2.24) is 0 Å². The third-order valence-corrected chi connectivity index (χ3v) is 10.8. The van der Waals surface area contributed by atoms with E-state index in [2.05, 4.69) is 161 Å². The number of hydrogen-bond donors (Lipinski definition) is 0. The molecular formula is C63H100O5. The molecule has 382 valence electrons. The maximum Gasteiger partial charge on any atom is 0.306 e. The van der Waals surface area contributed by atoms with E-state index in [-0.39, 0.29) is 25.2 Å². The molecule has 68 heavy (non-hydrogen) atoms. The van der Waals surface area contributed by atoms with Crippen LogP contribution >= 0.6 is 0 Å². The lowest BCUT2D eigenvalue weighted by Crippen LogP contribution is -2.30. The molecule has 0 bridgehead atoms. The Labute approximate surface area is 419 Å². The predicted molar refractivity (Wildman–Crippen MR) is 297 cm³/mol. The number of esters is 2. The van der Waals surface area contributed by atoms with Crippen LogP contribution in [0.25, 0.3) is 0 Å². The first-order valence-electron chi connectivity index (χ1n) is 27.4. The van der Waals surface area contributed by atoms with Crippen LogP contribution < -0.4 is 0 Å². The maximum absolute atomic E-state index is 12.8. The first-order chi connectivity index (χ1) is 33.6. The van der Waals surface area contributed by atoms with Gasteiger partial charge < -0.3 is 14.2 Å². The Hall–Kier alpha value is -4.22. The highest BCUT2D eigenvalue weighted by molar-refractivity contribution is 5.70. The maximum atomic E-state index is 12.8. The summed E-state index contributed by atoms with van der Waals surface area (Å²) in [6, 6.07) is 0. The summed E-state index contributed by atoms with van der Waals surface area (Å²) in [5.74, 6) is -0.526. The summed E-state index contributed by atoms with van der Waals surface area (Å²) in [6.45, 7) is 7.40. The fraction of sp³-hybridized carbons (Fsp3) is 0.587. The smallest absolute Gasteiger partial charge is 0.306 e. The topological polar surface area (TPSA) is 61.8 Å². The molecule has 0 amide bonds. The summed E-state index contributed by atoms with van der Waals surface area (Å²) in [5, 5.41) is 0. The lowest BCUT2D eigenvalue weighted by molar-refractivity contribution is -0.162. The zero-order chi connectivity index (χ0) is 49.2. The predicted octanol–water partition coefficient (Wildman–Crippen LogP) is 18.9. The molecule has 0 rings (SSSR count). The summed E-state index contributed by atoms with van der Waals surface area (Å²) in [7, 11) is 0. The molecule has 0 aromatic rings. The second-order valence-electron chi connectivity index (χ2n) is 17.4. The molecule has 5 heteroatoms. The first kappa shape index (κ1) is 63.8. The zero-order valence-electron chi connectivity index (χ0n) is 43.8. The van der Waals surface area contributed by atoms with Gasteiger partial charge in [0, 0.05) is 19.4 Å². The molecule has 0 radical (unpaired) electrons. The molecule has 0 spiro atoms. The highest BCUT2D eigenvalue weighted by Crippen LogP contribution is 2.12. The van der Waals surface area contributed by atoms with E-state index < -0.39 is 6.10 Å². The average molecular weight is 937 g/mol. The van der Waals surface area contributed by atoms with Crippen LogP contribution in [0.1, 0.15) is 213 Å². The van der Waals surface area contributed by atoms with Crippen LogP contribution in [0.4, 0.5) is 0 Å². The van der Waals surface area contributed by atoms with Crippen molar-refractivity contribution in [3.8, 4) is 0 Å². The molecule has 0 aromatic heterocycles. The molecule has 5 nitrogen and oxygen atoms in total. The van der Waals surface area contributed by atoms with Gasteiger partial charge >= 0.3 is 11.9 Å². The molecule has 0 aliphatic rings. The van der Waals surface area contributed by atoms with Crippen LogP contribution in [0.3, 0.4) is 0 Å². The number of ether oxygens (including phenoxy) is 3. The van der Waals surface area contributed by atoms with E-state index in [1.54, 1.807) is 0 Å². The van der Waals surface area contributed by atoms with Crippen molar-refractivity contribution in [2.45, 2.75) is 219 Å². The standard InChI is InChI=1S/C63H100O5/c1-4-7-10-13-16-19-22-25-28-30-32-34-36-38-41-44-47-50-53-56-62(64)67-60-61(59-66-58-55-52-49-46-43-40-27-24-21-18-15-12-9-6-3)68-63(65)57-54-51-48-45-42-39-37-35-33-31-29-26-23-20-17-14-11-8-5-2/h7-8,10-12,15-17,19-21,24-26,28-29,32-35,38,41,47,50,61H,4-6,9,13-14,18,22-23,27,30-31,36-37,39-40,42-46,48-49,51-60H2,1-3H3/b10-7-,11-8-,15-12-,19-16-,20-17-,24-21-,28-25-,29-26-,34-32-,35-33-,41-38-,50-47-. The van der Waals surface area contributed by atoms with Crippen molar-refractivity contribution >= 4 is 11.9 Å². The number of hydrogen-bond acceptors (Lipinski definition) is 5. The van der Waals surface area contributed by atoms with E-state index in [0.717, 1.165) is 116 Å². The Balaban J connectivity index is 4.46. The molecule has 0 N–H and O–H groups in total. The van der Waals surface area contributed by atoms with E-state index >= 15 is 0 Å². The first-order valence-corrected chi connectivity index (χ1v) is 27.4. The van der Waals surface area contributed by atoms with Gasteiger partial charge in [0.2, 0.25) is 0 Å². The van der Waals surface area contributed by atoms with Gasteiger partial charge in [-0.2, -0.15) is 0 Å². The second-order valence-corrected chi connectivity index (χ2v) is 17.4. The van der Waals surface area contributed by atoms with Gasteiger partial charge in [-0.05, 0) is 122 Å². The van der Waals surface area contributed by atoms with Crippen molar-refractivity contribution in [3.05, 3.63) is 146 Å². The molecule has 1 atom stereocenters. The van der Waals surface area contributed by atoms with Crippen molar-refractivity contribution in [2.75, 3.05) is 19.8 Å². The van der Waals surface area contributed by atoms with Crippen LogP contribution in [0, 0.1) is 0 Å². The van der Waals surface area contributed by atoms with Crippen LogP contribution in [0.15, 0.2) is 146 Å². The SMILES string of the molecule is CC/C=C\C/C=C\C/C=C\C/C=C\C/C=C\C/C=C\CCC(=O)OCC(COCCCCCCCC/C=C\C/C=C\CCC)OC(=O)CCCCCCCC/C=C\C/C=C\C/C=C\C/C=C\CC. The Morgan fingerprint density at radius 2 is 0.691 bits per heavy atom. The van der Waals surface area contributed by atoms with Gasteiger partial charge in [0.05, 0.1) is 6.61 Å². The van der Waals surface area contributed by atoms with E-state index in [4.69, 9.17) is 14.2 Å². The number of rotatable bonds is 48. The summed E-state index contributed by atoms with van der Waals surface area (Å²) in [6.07, 6.45) is 83.0. The molecule has 0 saturated carbocycles. The van der Waals surface area contributed by atoms with Crippen LogP contribution in [0.5, 0.6) is 0 Å².